The number of pyridine rings is 1. The number of ether oxygens (including phenoxy) is 1. The first-order valence-electron chi connectivity index (χ1n) is 14.0. The van der Waals surface area contributed by atoms with Crippen LogP contribution in [0.3, 0.4) is 0 Å². The minimum absolute atomic E-state index is 0.0347. The number of nitrogens with zero attached hydrogens (tertiary/aromatic N) is 3. The van der Waals surface area contributed by atoms with Gasteiger partial charge in [0.1, 0.15) is 29.5 Å². The fourth-order valence-electron chi connectivity index (χ4n) is 5.70. The van der Waals surface area contributed by atoms with E-state index in [1.807, 2.05) is 31.2 Å². The molecule has 7 rings (SSSR count). The maximum Gasteiger partial charge on any atom is 0.417 e. The van der Waals surface area contributed by atoms with Gasteiger partial charge in [-0.25, -0.2) is 4.39 Å². The molecule has 2 aromatic carbocycles. The van der Waals surface area contributed by atoms with Crippen LogP contribution in [-0.2, 0) is 6.18 Å². The second kappa shape index (κ2) is 9.89. The first-order valence-corrected chi connectivity index (χ1v) is 14.0. The highest BCUT2D eigenvalue weighted by Gasteiger charge is 2.37. The number of hydrogen-bond acceptors (Lipinski definition) is 5. The summed E-state index contributed by atoms with van der Waals surface area (Å²) in [5, 5.41) is 5.01. The van der Waals surface area contributed by atoms with Crippen molar-refractivity contribution >= 4 is 22.7 Å². The van der Waals surface area contributed by atoms with Crippen molar-refractivity contribution in [1.29, 1.82) is 0 Å². The highest BCUT2D eigenvalue weighted by atomic mass is 19.4. The van der Waals surface area contributed by atoms with Gasteiger partial charge in [0.15, 0.2) is 0 Å². The van der Waals surface area contributed by atoms with Crippen LogP contribution in [0.2, 0.25) is 0 Å². The van der Waals surface area contributed by atoms with Gasteiger partial charge in [0.2, 0.25) is 0 Å². The average molecular weight is 564 g/mol. The van der Waals surface area contributed by atoms with Gasteiger partial charge >= 0.3 is 6.18 Å². The Morgan fingerprint density at radius 2 is 1.83 bits per heavy atom. The second-order valence-corrected chi connectivity index (χ2v) is 11.4. The summed E-state index contributed by atoms with van der Waals surface area (Å²) < 4.78 is 66.4. The van der Waals surface area contributed by atoms with E-state index < -0.39 is 17.9 Å². The zero-order valence-electron chi connectivity index (χ0n) is 22.5. The number of anilines is 1. The highest BCUT2D eigenvalue weighted by Crippen LogP contribution is 2.46. The lowest BCUT2D eigenvalue weighted by molar-refractivity contribution is -0.137. The number of alkyl halides is 4. The van der Waals surface area contributed by atoms with Gasteiger partial charge in [-0.15, -0.1) is 0 Å². The number of fused-ring (bicyclic) bond motifs is 1. The van der Waals surface area contributed by atoms with E-state index in [9.17, 15) is 17.6 Å². The van der Waals surface area contributed by atoms with Gasteiger partial charge in [0.05, 0.1) is 11.1 Å². The molecular weight excluding hydrogens is 534 g/mol. The number of benzene rings is 2. The molecule has 0 radical (unpaired) electrons. The zero-order valence-corrected chi connectivity index (χ0v) is 22.5. The predicted molar refractivity (Wildman–Crippen MR) is 149 cm³/mol. The van der Waals surface area contributed by atoms with Crippen LogP contribution < -0.4 is 9.64 Å². The van der Waals surface area contributed by atoms with Crippen molar-refractivity contribution in [3.05, 3.63) is 77.2 Å². The molecule has 1 saturated heterocycles. The van der Waals surface area contributed by atoms with E-state index in [1.54, 1.807) is 6.07 Å². The number of hydrogen-bond donors (Lipinski definition) is 0. The number of rotatable bonds is 7. The summed E-state index contributed by atoms with van der Waals surface area (Å²) in [5.41, 5.74) is 2.92. The Labute approximate surface area is 234 Å². The Bertz CT molecular complexity index is 1630. The average Bonchev–Trinajstić information content (AvgIpc) is 3.65. The third kappa shape index (κ3) is 5.06. The summed E-state index contributed by atoms with van der Waals surface area (Å²) in [4.78, 5) is 6.88. The Balaban J connectivity index is 1.11. The molecule has 0 N–H and O–H groups in total. The maximum atomic E-state index is 13.8. The van der Waals surface area contributed by atoms with Crippen LogP contribution in [0.1, 0.15) is 54.2 Å². The van der Waals surface area contributed by atoms with Crippen molar-refractivity contribution in [2.24, 2.45) is 5.92 Å². The molecule has 0 atom stereocenters. The van der Waals surface area contributed by atoms with E-state index in [-0.39, 0.29) is 29.2 Å². The Hall–Kier alpha value is -3.88. The molecule has 0 spiro atoms. The zero-order chi connectivity index (χ0) is 28.3. The normalized spacial score (nSPS) is 21.3. The minimum Gasteiger partial charge on any atom is -0.489 e. The minimum atomic E-state index is -4.49. The lowest BCUT2D eigenvalue weighted by Crippen LogP contribution is -2.45. The molecule has 3 fully saturated rings. The van der Waals surface area contributed by atoms with Crippen molar-refractivity contribution in [3.8, 4) is 17.0 Å². The van der Waals surface area contributed by atoms with E-state index in [1.165, 1.54) is 12.1 Å². The molecule has 1 aliphatic heterocycles. The largest absolute Gasteiger partial charge is 0.489 e. The molecule has 9 heteroatoms. The monoisotopic (exact) mass is 563 g/mol. The first-order chi connectivity index (χ1) is 19.7. The molecule has 41 heavy (non-hydrogen) atoms. The lowest BCUT2D eigenvalue weighted by atomic mass is 9.93. The van der Waals surface area contributed by atoms with Crippen LogP contribution in [0.25, 0.3) is 28.2 Å². The van der Waals surface area contributed by atoms with Crippen LogP contribution in [0.5, 0.6) is 5.75 Å². The maximum absolute atomic E-state index is 13.8. The summed E-state index contributed by atoms with van der Waals surface area (Å²) in [6.45, 7) is 3.45. The molecule has 3 aliphatic rings. The fourth-order valence-corrected chi connectivity index (χ4v) is 5.70. The molecule has 0 bridgehead atoms. The Morgan fingerprint density at radius 1 is 1.05 bits per heavy atom. The van der Waals surface area contributed by atoms with Gasteiger partial charge in [-0.2, -0.15) is 13.2 Å². The summed E-state index contributed by atoms with van der Waals surface area (Å²) in [6, 6.07) is 13.5. The molecule has 0 amide bonds. The SMILES string of the molecule is Cc1cc(OC2CC(F)C2)c2cc(N3CC(/C=C/c4c(-c5ccccc5C(F)(F)F)noc4C4CC4)C3)ccc2n1. The van der Waals surface area contributed by atoms with E-state index in [2.05, 4.69) is 27.2 Å². The predicted octanol–water partition coefficient (Wildman–Crippen LogP) is 8.12. The molecular formula is C32H29F4N3O2. The Morgan fingerprint density at radius 3 is 2.56 bits per heavy atom. The molecule has 5 nitrogen and oxygen atoms in total. The van der Waals surface area contributed by atoms with Crippen molar-refractivity contribution in [1.82, 2.24) is 10.1 Å². The molecule has 3 heterocycles. The van der Waals surface area contributed by atoms with Crippen LogP contribution >= 0.6 is 0 Å². The molecule has 2 saturated carbocycles. The van der Waals surface area contributed by atoms with Gasteiger partial charge in [0.25, 0.3) is 0 Å². The first kappa shape index (κ1) is 26.0. The third-order valence-electron chi connectivity index (χ3n) is 8.21. The summed E-state index contributed by atoms with van der Waals surface area (Å²) in [7, 11) is 0. The standard InChI is InChI=1S/C32H29F4N3O2/c1-18-12-29(40-23-13-21(33)14-23)26-15-22(9-11-28(26)37-18)39-16-19(17-39)6-10-25-30(38-41-31(25)20-7-8-20)24-4-2-3-5-27(24)32(34,35)36/h2-6,9-12,15,19-21,23H,7-8,13-14,16-17H2,1H3/b10-6+. The van der Waals surface area contributed by atoms with Gasteiger partial charge in [-0.3, -0.25) is 4.98 Å². The van der Waals surface area contributed by atoms with Crippen LogP contribution in [0.15, 0.2) is 59.1 Å². The van der Waals surface area contributed by atoms with Crippen molar-refractivity contribution < 1.29 is 26.8 Å². The summed E-state index contributed by atoms with van der Waals surface area (Å²) in [6.07, 6.45) is 1.30. The van der Waals surface area contributed by atoms with E-state index in [0.717, 1.165) is 60.0 Å². The highest BCUT2D eigenvalue weighted by molar-refractivity contribution is 5.88. The van der Waals surface area contributed by atoms with E-state index in [4.69, 9.17) is 9.26 Å². The number of aromatic nitrogens is 2. The Kier molecular flexibility index (Phi) is 6.28. The fraction of sp³-hybridized carbons (Fsp3) is 0.375. The van der Waals surface area contributed by atoms with Gasteiger partial charge in [0, 0.05) is 71.7 Å². The van der Waals surface area contributed by atoms with E-state index >= 15 is 0 Å². The number of halogens is 4. The van der Waals surface area contributed by atoms with Gasteiger partial charge < -0.3 is 14.2 Å². The van der Waals surface area contributed by atoms with Gasteiger partial charge in [-0.1, -0.05) is 35.5 Å². The lowest BCUT2D eigenvalue weighted by Gasteiger charge is -2.40. The third-order valence-corrected chi connectivity index (χ3v) is 8.21. The number of aryl methyl sites for hydroxylation is 1. The van der Waals surface area contributed by atoms with Gasteiger partial charge in [-0.05, 0) is 44.0 Å². The van der Waals surface area contributed by atoms with E-state index in [0.29, 0.717) is 24.2 Å². The molecule has 2 aromatic heterocycles. The van der Waals surface area contributed by atoms with Crippen LogP contribution in [0, 0.1) is 12.8 Å². The summed E-state index contributed by atoms with van der Waals surface area (Å²) >= 11 is 0. The molecule has 0 unspecified atom stereocenters. The summed E-state index contributed by atoms with van der Waals surface area (Å²) in [5.74, 6) is 1.82. The van der Waals surface area contributed by atoms with Crippen LogP contribution in [0.4, 0.5) is 23.2 Å². The molecule has 4 aromatic rings. The quantitative estimate of drug-likeness (QED) is 0.213. The smallest absolute Gasteiger partial charge is 0.417 e. The van der Waals surface area contributed by atoms with Crippen molar-refractivity contribution in [3.63, 3.8) is 0 Å². The molecule has 212 valence electrons. The van der Waals surface area contributed by atoms with Crippen molar-refractivity contribution in [2.45, 2.75) is 57.0 Å². The molecule has 2 aliphatic carbocycles. The van der Waals surface area contributed by atoms with Crippen molar-refractivity contribution in [2.75, 3.05) is 18.0 Å². The van der Waals surface area contributed by atoms with Crippen LogP contribution in [-0.4, -0.2) is 35.5 Å². The second-order valence-electron chi connectivity index (χ2n) is 11.4. The topological polar surface area (TPSA) is 51.4 Å².